The Balaban J connectivity index is 1.80. The molecule has 0 aromatic carbocycles. The van der Waals surface area contributed by atoms with Gasteiger partial charge in [0.15, 0.2) is 0 Å². The van der Waals surface area contributed by atoms with E-state index in [9.17, 15) is 9.59 Å². The summed E-state index contributed by atoms with van der Waals surface area (Å²) in [6.45, 7) is 5.28. The number of allylic oxidation sites excluding steroid dienone is 1. The number of nitrogens with one attached hydrogen (secondary N) is 1. The fourth-order valence-corrected chi connectivity index (χ4v) is 4.56. The molecule has 0 bridgehead atoms. The summed E-state index contributed by atoms with van der Waals surface area (Å²) in [6.07, 6.45) is 10.8. The zero-order chi connectivity index (χ0) is 17.8. The van der Waals surface area contributed by atoms with Crippen LogP contribution < -0.4 is 10.9 Å². The molecule has 1 aliphatic rings. The summed E-state index contributed by atoms with van der Waals surface area (Å²) in [5, 5.41) is 3.60. The molecule has 0 saturated heterocycles. The fourth-order valence-electron chi connectivity index (χ4n) is 3.51. The third-order valence-electron chi connectivity index (χ3n) is 4.80. The predicted molar refractivity (Wildman–Crippen MR) is 105 cm³/mol. The number of carbonyl (C=O) groups excluding carboxylic acids is 1. The van der Waals surface area contributed by atoms with Crippen LogP contribution in [0.4, 0.5) is 0 Å². The maximum absolute atomic E-state index is 12.8. The van der Waals surface area contributed by atoms with E-state index < -0.39 is 0 Å². The minimum atomic E-state index is -0.119. The van der Waals surface area contributed by atoms with Crippen LogP contribution in [0, 0.1) is 6.92 Å². The molecule has 0 aliphatic heterocycles. The number of nitrogens with zero attached hydrogens (tertiary/aromatic N) is 1. The van der Waals surface area contributed by atoms with Crippen molar-refractivity contribution in [1.82, 2.24) is 9.88 Å². The number of pyridine rings is 1. The molecular weight excluding hydrogens is 332 g/mol. The van der Waals surface area contributed by atoms with Crippen LogP contribution in [0.25, 0.3) is 10.1 Å². The molecule has 5 heteroatoms. The maximum atomic E-state index is 12.8. The van der Waals surface area contributed by atoms with Crippen molar-refractivity contribution in [3.63, 3.8) is 0 Å². The molecule has 0 spiro atoms. The first-order valence-corrected chi connectivity index (χ1v) is 10.0. The molecule has 1 aliphatic carbocycles. The molecule has 1 N–H and O–H groups in total. The van der Waals surface area contributed by atoms with Crippen molar-refractivity contribution in [1.29, 1.82) is 0 Å². The fraction of sp³-hybridized carbons (Fsp3) is 0.500. The summed E-state index contributed by atoms with van der Waals surface area (Å²) in [4.78, 5) is 26.4. The predicted octanol–water partition coefficient (Wildman–Crippen LogP) is 4.40. The second-order valence-corrected chi connectivity index (χ2v) is 7.96. The molecule has 2 aromatic rings. The molecule has 0 fully saturated rings. The highest BCUT2D eigenvalue weighted by Gasteiger charge is 2.19. The third kappa shape index (κ3) is 3.87. The van der Waals surface area contributed by atoms with Crippen LogP contribution in [0.2, 0.25) is 0 Å². The van der Waals surface area contributed by atoms with Crippen LogP contribution in [-0.4, -0.2) is 17.0 Å². The summed E-state index contributed by atoms with van der Waals surface area (Å²) >= 11 is 1.52. The van der Waals surface area contributed by atoms with Gasteiger partial charge in [-0.25, -0.2) is 0 Å². The quantitative estimate of drug-likeness (QED) is 0.778. The molecule has 0 atom stereocenters. The zero-order valence-electron chi connectivity index (χ0n) is 15.1. The third-order valence-corrected chi connectivity index (χ3v) is 5.87. The van der Waals surface area contributed by atoms with E-state index in [4.69, 9.17) is 0 Å². The largest absolute Gasteiger partial charge is 0.352 e. The van der Waals surface area contributed by atoms with Crippen LogP contribution >= 0.6 is 11.3 Å². The standard InChI is InChI=1S/C20H26N2O2S/c1-3-12-22-13-10-16-18(20(22)24)17(14(2)25-16)19(23)21-11-9-15-7-5-4-6-8-15/h7,10,13H,3-6,8-9,11-12H2,1-2H3,(H,21,23). The summed E-state index contributed by atoms with van der Waals surface area (Å²) in [6, 6.07) is 1.95. The lowest BCUT2D eigenvalue weighted by Gasteiger charge is -2.13. The summed E-state index contributed by atoms with van der Waals surface area (Å²) in [5.74, 6) is -0.119. The van der Waals surface area contributed by atoms with Crippen molar-refractivity contribution in [3.05, 3.63) is 44.7 Å². The average molecular weight is 359 g/mol. The molecule has 25 heavy (non-hydrogen) atoms. The van der Waals surface area contributed by atoms with E-state index in [1.165, 1.54) is 29.8 Å². The van der Waals surface area contributed by atoms with E-state index in [1.807, 2.05) is 26.1 Å². The minimum Gasteiger partial charge on any atom is -0.352 e. The second-order valence-electron chi connectivity index (χ2n) is 6.70. The highest BCUT2D eigenvalue weighted by atomic mass is 32.1. The lowest BCUT2D eigenvalue weighted by Crippen LogP contribution is -2.27. The minimum absolute atomic E-state index is 0.0520. The van der Waals surface area contributed by atoms with E-state index >= 15 is 0 Å². The van der Waals surface area contributed by atoms with Crippen LogP contribution in [0.15, 0.2) is 28.7 Å². The molecule has 2 aromatic heterocycles. The first-order chi connectivity index (χ1) is 12.1. The van der Waals surface area contributed by atoms with E-state index in [0.717, 1.165) is 35.3 Å². The Morgan fingerprint density at radius 1 is 1.36 bits per heavy atom. The number of fused-ring (bicyclic) bond motifs is 1. The van der Waals surface area contributed by atoms with Gasteiger partial charge in [-0.1, -0.05) is 18.6 Å². The van der Waals surface area contributed by atoms with Gasteiger partial charge >= 0.3 is 0 Å². The van der Waals surface area contributed by atoms with E-state index in [0.29, 0.717) is 24.0 Å². The maximum Gasteiger partial charge on any atom is 0.260 e. The van der Waals surface area contributed by atoms with Gasteiger partial charge in [0.1, 0.15) is 0 Å². The second kappa shape index (κ2) is 8.00. The SMILES string of the molecule is CCCn1ccc2sc(C)c(C(=O)NCCC3=CCCCC3)c2c1=O. The Kier molecular flexibility index (Phi) is 5.74. The molecule has 0 unspecified atom stereocenters. The molecule has 0 radical (unpaired) electrons. The zero-order valence-corrected chi connectivity index (χ0v) is 15.9. The van der Waals surface area contributed by atoms with Gasteiger partial charge in [0.05, 0.1) is 10.9 Å². The highest BCUT2D eigenvalue weighted by molar-refractivity contribution is 7.19. The van der Waals surface area contributed by atoms with Gasteiger partial charge in [0.25, 0.3) is 11.5 Å². The average Bonchev–Trinajstić information content (AvgIpc) is 2.95. The molecule has 2 heterocycles. The first-order valence-electron chi connectivity index (χ1n) is 9.20. The number of aryl methyl sites for hydroxylation is 2. The van der Waals surface area contributed by atoms with Crippen molar-refractivity contribution in [2.45, 2.75) is 58.9 Å². The van der Waals surface area contributed by atoms with Gasteiger partial charge in [-0.15, -0.1) is 11.3 Å². The molecule has 3 rings (SSSR count). The summed E-state index contributed by atoms with van der Waals surface area (Å²) in [5.41, 5.74) is 1.96. The van der Waals surface area contributed by atoms with Gasteiger partial charge in [0.2, 0.25) is 0 Å². The number of hydrogen-bond donors (Lipinski definition) is 1. The van der Waals surface area contributed by atoms with Gasteiger partial charge < -0.3 is 9.88 Å². The number of hydrogen-bond acceptors (Lipinski definition) is 3. The molecule has 134 valence electrons. The van der Waals surface area contributed by atoms with Crippen LogP contribution in [-0.2, 0) is 6.54 Å². The Morgan fingerprint density at radius 3 is 2.92 bits per heavy atom. The number of rotatable bonds is 6. The first kappa shape index (κ1) is 17.9. The van der Waals surface area contributed by atoms with Gasteiger partial charge in [-0.2, -0.15) is 0 Å². The van der Waals surface area contributed by atoms with Crippen LogP contribution in [0.1, 0.15) is 60.7 Å². The Hall–Kier alpha value is -1.88. The molecular formula is C20H26N2O2S. The van der Waals surface area contributed by atoms with E-state index in [-0.39, 0.29) is 11.5 Å². The highest BCUT2D eigenvalue weighted by Crippen LogP contribution is 2.28. The molecule has 0 saturated carbocycles. The Morgan fingerprint density at radius 2 is 2.20 bits per heavy atom. The normalized spacial score (nSPS) is 14.6. The molecule has 4 nitrogen and oxygen atoms in total. The lowest BCUT2D eigenvalue weighted by atomic mass is 9.97. The van der Waals surface area contributed by atoms with Crippen molar-refractivity contribution < 1.29 is 4.79 Å². The van der Waals surface area contributed by atoms with Crippen molar-refractivity contribution >= 4 is 27.3 Å². The molecule has 1 amide bonds. The number of carbonyl (C=O) groups is 1. The Bertz CT molecular complexity index is 860. The topological polar surface area (TPSA) is 51.1 Å². The van der Waals surface area contributed by atoms with E-state index in [1.54, 1.807) is 4.57 Å². The number of aromatic nitrogens is 1. The number of thiophene rings is 1. The van der Waals surface area contributed by atoms with Crippen molar-refractivity contribution in [2.24, 2.45) is 0 Å². The number of amides is 1. The summed E-state index contributed by atoms with van der Waals surface area (Å²) in [7, 11) is 0. The van der Waals surface area contributed by atoms with Crippen molar-refractivity contribution in [3.8, 4) is 0 Å². The summed E-state index contributed by atoms with van der Waals surface area (Å²) < 4.78 is 2.60. The van der Waals surface area contributed by atoms with Gasteiger partial charge in [-0.3, -0.25) is 9.59 Å². The van der Waals surface area contributed by atoms with Crippen LogP contribution in [0.3, 0.4) is 0 Å². The van der Waals surface area contributed by atoms with Gasteiger partial charge in [0, 0.05) is 28.9 Å². The van der Waals surface area contributed by atoms with Crippen LogP contribution in [0.5, 0.6) is 0 Å². The smallest absolute Gasteiger partial charge is 0.260 e. The lowest BCUT2D eigenvalue weighted by molar-refractivity contribution is 0.0955. The van der Waals surface area contributed by atoms with Gasteiger partial charge in [-0.05, 0) is 51.5 Å². The Labute approximate surface area is 152 Å². The monoisotopic (exact) mass is 358 g/mol. The van der Waals surface area contributed by atoms with Crippen molar-refractivity contribution in [2.75, 3.05) is 6.54 Å². The van der Waals surface area contributed by atoms with E-state index in [2.05, 4.69) is 11.4 Å².